The maximum Gasteiger partial charge on any atom is 0.259 e. The van der Waals surface area contributed by atoms with Crippen molar-refractivity contribution in [1.82, 2.24) is 14.3 Å². The summed E-state index contributed by atoms with van der Waals surface area (Å²) in [5.74, 6) is 0.881. The van der Waals surface area contributed by atoms with Crippen LogP contribution in [0.1, 0.15) is 31.5 Å². The van der Waals surface area contributed by atoms with E-state index in [0.29, 0.717) is 12.8 Å². The minimum absolute atomic E-state index is 0. The van der Waals surface area contributed by atoms with Crippen LogP contribution in [0.2, 0.25) is 0 Å². The molecule has 1 aliphatic heterocycles. The molecule has 3 rings (SSSR count). The van der Waals surface area contributed by atoms with Crippen LogP contribution in [-0.4, -0.2) is 30.1 Å². The van der Waals surface area contributed by atoms with Crippen molar-refractivity contribution in [3.8, 4) is 0 Å². The van der Waals surface area contributed by atoms with Crippen LogP contribution >= 0.6 is 12.4 Å². The lowest BCUT2D eigenvalue weighted by molar-refractivity contribution is 0.327. The Bertz CT molecular complexity index is 528. The first-order valence-corrected chi connectivity index (χ1v) is 7.87. The van der Waals surface area contributed by atoms with Crippen molar-refractivity contribution in [3.05, 3.63) is 12.0 Å². The number of nitrogens with one attached hydrogen (secondary N) is 1. The average Bonchev–Trinajstić information content (AvgIpc) is 2.71. The molecule has 0 atom stereocenters. The molecule has 6 nitrogen and oxygen atoms in total. The third-order valence-electron chi connectivity index (χ3n) is 3.66. The van der Waals surface area contributed by atoms with Crippen molar-refractivity contribution >= 4 is 22.4 Å². The third-order valence-corrected chi connectivity index (χ3v) is 5.05. The number of fused-ring (bicyclic) bond motifs is 1. The molecular formula is C11H19ClN4O2S. The first-order chi connectivity index (χ1) is 8.54. The molecule has 8 heteroatoms. The fraction of sp³-hybridized carbons (Fsp3) is 0.727. The third kappa shape index (κ3) is 2.94. The van der Waals surface area contributed by atoms with E-state index in [1.807, 2.05) is 4.57 Å². The smallest absolute Gasteiger partial charge is 0.259 e. The van der Waals surface area contributed by atoms with Gasteiger partial charge in [0.2, 0.25) is 0 Å². The van der Waals surface area contributed by atoms with Gasteiger partial charge in [-0.15, -0.1) is 12.4 Å². The van der Waals surface area contributed by atoms with Crippen LogP contribution in [0.4, 0.5) is 0 Å². The molecule has 0 amide bonds. The summed E-state index contributed by atoms with van der Waals surface area (Å²) in [4.78, 5) is 4.23. The van der Waals surface area contributed by atoms with E-state index < -0.39 is 10.0 Å². The Labute approximate surface area is 119 Å². The first kappa shape index (κ1) is 14.8. The molecular weight excluding hydrogens is 288 g/mol. The van der Waals surface area contributed by atoms with Crippen molar-refractivity contribution in [3.63, 3.8) is 0 Å². The van der Waals surface area contributed by atoms with Gasteiger partial charge < -0.3 is 10.3 Å². The van der Waals surface area contributed by atoms with Gasteiger partial charge in [0.05, 0.1) is 0 Å². The van der Waals surface area contributed by atoms with Gasteiger partial charge in [0.1, 0.15) is 5.82 Å². The molecule has 0 radical (unpaired) electrons. The van der Waals surface area contributed by atoms with Crippen molar-refractivity contribution in [2.75, 3.05) is 0 Å². The molecule has 0 spiro atoms. The van der Waals surface area contributed by atoms with E-state index in [2.05, 4.69) is 9.71 Å². The number of hydrogen-bond acceptors (Lipinski definition) is 4. The summed E-state index contributed by atoms with van der Waals surface area (Å²) in [6, 6.07) is 0.108. The summed E-state index contributed by atoms with van der Waals surface area (Å²) >= 11 is 0. The maximum absolute atomic E-state index is 12.1. The normalized spacial score (nSPS) is 26.2. The standard InChI is InChI=1S/C11H18N4O2S.ClH/c12-8-5-9(6-8)14-18(16,17)11-7-15-4-2-1-3-10(15)13-11;/h7-9,14H,1-6,12H2;1H. The largest absolute Gasteiger partial charge is 0.333 e. The molecule has 108 valence electrons. The second-order valence-corrected chi connectivity index (χ2v) is 6.86. The van der Waals surface area contributed by atoms with Gasteiger partial charge in [-0.2, -0.15) is 0 Å². The van der Waals surface area contributed by atoms with E-state index >= 15 is 0 Å². The van der Waals surface area contributed by atoms with Crippen LogP contribution in [0, 0.1) is 0 Å². The Morgan fingerprint density at radius 3 is 2.74 bits per heavy atom. The lowest BCUT2D eigenvalue weighted by Crippen LogP contribution is -2.50. The number of halogens is 1. The Morgan fingerprint density at radius 2 is 2.11 bits per heavy atom. The fourth-order valence-electron chi connectivity index (χ4n) is 2.55. The van der Waals surface area contributed by atoms with E-state index in [9.17, 15) is 8.42 Å². The number of aromatic nitrogens is 2. The minimum Gasteiger partial charge on any atom is -0.333 e. The van der Waals surface area contributed by atoms with Gasteiger partial charge in [0.15, 0.2) is 5.03 Å². The van der Waals surface area contributed by atoms with Gasteiger partial charge in [-0.1, -0.05) is 0 Å². The number of nitrogens with two attached hydrogens (primary N) is 1. The molecule has 2 heterocycles. The molecule has 0 aromatic carbocycles. The zero-order valence-electron chi connectivity index (χ0n) is 10.6. The highest BCUT2D eigenvalue weighted by molar-refractivity contribution is 7.89. The molecule has 3 N–H and O–H groups in total. The Morgan fingerprint density at radius 1 is 1.37 bits per heavy atom. The Hall–Kier alpha value is -0.630. The average molecular weight is 307 g/mol. The van der Waals surface area contributed by atoms with Gasteiger partial charge in [-0.25, -0.2) is 18.1 Å². The number of sulfonamides is 1. The van der Waals surface area contributed by atoms with E-state index in [4.69, 9.17) is 5.73 Å². The summed E-state index contributed by atoms with van der Waals surface area (Å²) in [5, 5.41) is 0.153. The number of imidazole rings is 1. The van der Waals surface area contributed by atoms with E-state index in [-0.39, 0.29) is 29.5 Å². The van der Waals surface area contributed by atoms with E-state index in [1.54, 1.807) is 6.20 Å². The predicted octanol–water partition coefficient (Wildman–Crippen LogP) is 0.409. The van der Waals surface area contributed by atoms with Crippen molar-refractivity contribution < 1.29 is 8.42 Å². The Balaban J connectivity index is 0.00000133. The molecule has 19 heavy (non-hydrogen) atoms. The topological polar surface area (TPSA) is 90.0 Å². The molecule has 0 saturated heterocycles. The molecule has 1 saturated carbocycles. The summed E-state index contributed by atoms with van der Waals surface area (Å²) in [6.45, 7) is 0.867. The van der Waals surface area contributed by atoms with Crippen LogP contribution in [0.15, 0.2) is 11.2 Å². The number of nitrogens with zero attached hydrogens (tertiary/aromatic N) is 2. The highest BCUT2D eigenvalue weighted by atomic mass is 35.5. The van der Waals surface area contributed by atoms with Crippen molar-refractivity contribution in [2.24, 2.45) is 5.73 Å². The maximum atomic E-state index is 12.1. The quantitative estimate of drug-likeness (QED) is 0.846. The van der Waals surface area contributed by atoms with Crippen molar-refractivity contribution in [2.45, 2.75) is 55.8 Å². The van der Waals surface area contributed by atoms with E-state index in [1.165, 1.54) is 0 Å². The van der Waals surface area contributed by atoms with Gasteiger partial charge in [0, 0.05) is 31.2 Å². The van der Waals surface area contributed by atoms with Gasteiger partial charge in [0.25, 0.3) is 10.0 Å². The van der Waals surface area contributed by atoms with E-state index in [0.717, 1.165) is 31.6 Å². The molecule has 1 aromatic rings. The molecule has 2 aliphatic rings. The first-order valence-electron chi connectivity index (χ1n) is 6.38. The van der Waals surface area contributed by atoms with Gasteiger partial charge in [-0.05, 0) is 25.7 Å². The lowest BCUT2D eigenvalue weighted by Gasteiger charge is -2.32. The van der Waals surface area contributed by atoms with Gasteiger partial charge in [-0.3, -0.25) is 0 Å². The molecule has 0 unspecified atom stereocenters. The number of hydrogen-bond donors (Lipinski definition) is 2. The monoisotopic (exact) mass is 306 g/mol. The van der Waals surface area contributed by atoms with Crippen LogP contribution < -0.4 is 10.5 Å². The zero-order valence-corrected chi connectivity index (χ0v) is 12.2. The summed E-state index contributed by atoms with van der Waals surface area (Å²) in [7, 11) is -3.48. The molecule has 1 aliphatic carbocycles. The SMILES string of the molecule is Cl.NC1CC(NS(=O)(=O)c2cn3c(n2)CCCC3)C1. The zero-order chi connectivity index (χ0) is 12.8. The van der Waals surface area contributed by atoms with Crippen LogP contribution in [0.3, 0.4) is 0 Å². The summed E-state index contributed by atoms with van der Waals surface area (Å²) in [6.07, 6.45) is 6.12. The second kappa shape index (κ2) is 5.40. The Kier molecular flexibility index (Phi) is 4.20. The summed E-state index contributed by atoms with van der Waals surface area (Å²) in [5.41, 5.74) is 5.65. The van der Waals surface area contributed by atoms with Crippen LogP contribution in [-0.2, 0) is 23.0 Å². The van der Waals surface area contributed by atoms with Crippen LogP contribution in [0.5, 0.6) is 0 Å². The fourth-order valence-corrected chi connectivity index (χ4v) is 3.80. The minimum atomic E-state index is -3.48. The van der Waals surface area contributed by atoms with Crippen LogP contribution in [0.25, 0.3) is 0 Å². The predicted molar refractivity (Wildman–Crippen MR) is 73.7 cm³/mol. The second-order valence-electron chi connectivity index (χ2n) is 5.20. The summed E-state index contributed by atoms with van der Waals surface area (Å²) < 4.78 is 28.9. The number of aryl methyl sites for hydroxylation is 2. The molecule has 1 aromatic heterocycles. The highest BCUT2D eigenvalue weighted by Crippen LogP contribution is 2.21. The highest BCUT2D eigenvalue weighted by Gasteiger charge is 2.31. The number of rotatable bonds is 3. The van der Waals surface area contributed by atoms with Gasteiger partial charge >= 0.3 is 0 Å². The molecule has 1 fully saturated rings. The lowest BCUT2D eigenvalue weighted by atomic mass is 9.89. The van der Waals surface area contributed by atoms with Crippen molar-refractivity contribution in [1.29, 1.82) is 0 Å². The molecule has 0 bridgehead atoms.